The van der Waals surface area contributed by atoms with E-state index in [0.29, 0.717) is 17.4 Å². The molecule has 0 aliphatic carbocycles. The molecule has 1 N–H and O–H groups in total. The maximum absolute atomic E-state index is 13.0. The molecule has 1 heterocycles. The van der Waals surface area contributed by atoms with Gasteiger partial charge in [-0.1, -0.05) is 43.8 Å². The quantitative estimate of drug-likeness (QED) is 0.470. The Morgan fingerprint density at radius 1 is 1.28 bits per heavy atom. The molecule has 2 aromatic carbocycles. The molecule has 0 saturated carbocycles. The van der Waals surface area contributed by atoms with Gasteiger partial charge in [-0.25, -0.2) is 4.99 Å². The fraction of sp³-hybridized carbons (Fsp3) is 0.318. The van der Waals surface area contributed by atoms with Crippen molar-refractivity contribution < 1.29 is 19.2 Å². The Hall–Kier alpha value is -3.40. The van der Waals surface area contributed by atoms with E-state index in [4.69, 9.17) is 4.74 Å². The second kappa shape index (κ2) is 10.3. The van der Waals surface area contributed by atoms with Crippen LogP contribution in [-0.2, 0) is 9.59 Å². The number of aliphatic imine (C=N–C) groups is 1. The number of para-hydroxylation sites is 1. The molecule has 1 unspecified atom stereocenters. The van der Waals surface area contributed by atoms with Crippen molar-refractivity contribution in [3.63, 3.8) is 0 Å². The summed E-state index contributed by atoms with van der Waals surface area (Å²) in [6.45, 7) is 4.53. The highest BCUT2D eigenvalue weighted by Crippen LogP contribution is 2.33. The van der Waals surface area contributed by atoms with Crippen LogP contribution in [-0.4, -0.2) is 45.7 Å². The number of nitrogens with zero attached hydrogens (tertiary/aromatic N) is 3. The molecular weight excluding hydrogens is 432 g/mol. The standard InChI is InChI=1S/C22H24N4O5S/c1-14(2)13-25-21(28)19(32-22(25)23-15-7-5-4-6-8-15)12-20(27)24-17-10-9-16(26(29)30)11-18(17)31-3/h4-11,14,19H,12-13H2,1-3H3,(H,24,27). The number of methoxy groups -OCH3 is 1. The highest BCUT2D eigenvalue weighted by Gasteiger charge is 2.39. The van der Waals surface area contributed by atoms with Crippen molar-refractivity contribution in [3.8, 4) is 5.75 Å². The van der Waals surface area contributed by atoms with Crippen LogP contribution in [0.1, 0.15) is 20.3 Å². The number of anilines is 1. The first-order valence-corrected chi connectivity index (χ1v) is 10.9. The van der Waals surface area contributed by atoms with Crippen LogP contribution >= 0.6 is 11.8 Å². The number of amidine groups is 1. The van der Waals surface area contributed by atoms with Crippen molar-refractivity contribution in [2.24, 2.45) is 10.9 Å². The van der Waals surface area contributed by atoms with E-state index in [1.165, 1.54) is 37.1 Å². The molecule has 3 rings (SSSR count). The molecule has 2 aromatic rings. The van der Waals surface area contributed by atoms with Crippen LogP contribution in [0, 0.1) is 16.0 Å². The van der Waals surface area contributed by atoms with Crippen LogP contribution in [0.25, 0.3) is 0 Å². The van der Waals surface area contributed by atoms with Crippen LogP contribution in [0.4, 0.5) is 17.1 Å². The number of thioether (sulfide) groups is 1. The van der Waals surface area contributed by atoms with Gasteiger partial charge in [-0.15, -0.1) is 0 Å². The summed E-state index contributed by atoms with van der Waals surface area (Å²) in [6.07, 6.45) is -0.0634. The normalized spacial score (nSPS) is 17.1. The van der Waals surface area contributed by atoms with Gasteiger partial charge in [-0.3, -0.25) is 24.6 Å². The zero-order valence-electron chi connectivity index (χ0n) is 18.0. The predicted octanol–water partition coefficient (Wildman–Crippen LogP) is 4.22. The van der Waals surface area contributed by atoms with Crippen LogP contribution in [0.5, 0.6) is 5.75 Å². The minimum atomic E-state index is -0.611. The summed E-state index contributed by atoms with van der Waals surface area (Å²) in [7, 11) is 1.36. The van der Waals surface area contributed by atoms with Crippen LogP contribution in [0.15, 0.2) is 53.5 Å². The highest BCUT2D eigenvalue weighted by atomic mass is 32.2. The Morgan fingerprint density at radius 3 is 2.62 bits per heavy atom. The first-order chi connectivity index (χ1) is 15.3. The van der Waals surface area contributed by atoms with Gasteiger partial charge in [0.2, 0.25) is 11.8 Å². The Kier molecular flexibility index (Phi) is 7.47. The molecule has 168 valence electrons. The van der Waals surface area contributed by atoms with E-state index in [9.17, 15) is 19.7 Å². The number of benzene rings is 2. The van der Waals surface area contributed by atoms with Crippen molar-refractivity contribution in [2.45, 2.75) is 25.5 Å². The number of hydrogen-bond donors (Lipinski definition) is 1. The van der Waals surface area contributed by atoms with Gasteiger partial charge in [0.25, 0.3) is 5.69 Å². The number of rotatable bonds is 8. The topological polar surface area (TPSA) is 114 Å². The lowest BCUT2D eigenvalue weighted by Gasteiger charge is -2.18. The van der Waals surface area contributed by atoms with E-state index in [1.54, 1.807) is 4.90 Å². The molecule has 2 amide bonds. The number of non-ortho nitro benzene ring substituents is 1. The highest BCUT2D eigenvalue weighted by molar-refractivity contribution is 8.15. The molecule has 0 aromatic heterocycles. The third-order valence-electron chi connectivity index (χ3n) is 4.59. The van der Waals surface area contributed by atoms with Crippen molar-refractivity contribution in [2.75, 3.05) is 19.0 Å². The third-order valence-corrected chi connectivity index (χ3v) is 5.76. The fourth-order valence-electron chi connectivity index (χ4n) is 3.14. The second-order valence-corrected chi connectivity index (χ2v) is 8.74. The molecule has 0 radical (unpaired) electrons. The Bertz CT molecular complexity index is 1040. The summed E-state index contributed by atoms with van der Waals surface area (Å²) in [5, 5.41) is 13.6. The molecule has 0 bridgehead atoms. The molecule has 1 atom stereocenters. The lowest BCUT2D eigenvalue weighted by atomic mass is 10.2. The minimum Gasteiger partial charge on any atom is -0.494 e. The van der Waals surface area contributed by atoms with E-state index in [-0.39, 0.29) is 29.7 Å². The largest absolute Gasteiger partial charge is 0.494 e. The number of hydrogen-bond acceptors (Lipinski definition) is 7. The first-order valence-electron chi connectivity index (χ1n) is 10.0. The summed E-state index contributed by atoms with van der Waals surface area (Å²) in [5.74, 6) is -0.152. The van der Waals surface area contributed by atoms with Gasteiger partial charge in [-0.2, -0.15) is 0 Å². The number of amides is 2. The van der Waals surface area contributed by atoms with E-state index >= 15 is 0 Å². The van der Waals surface area contributed by atoms with E-state index in [1.807, 2.05) is 44.2 Å². The van der Waals surface area contributed by atoms with Crippen LogP contribution in [0.3, 0.4) is 0 Å². The molecule has 0 spiro atoms. The van der Waals surface area contributed by atoms with Gasteiger partial charge in [0, 0.05) is 19.0 Å². The summed E-state index contributed by atoms with van der Waals surface area (Å²) in [5.41, 5.74) is 0.889. The van der Waals surface area contributed by atoms with Crippen LogP contribution in [0.2, 0.25) is 0 Å². The number of nitro groups is 1. The Morgan fingerprint density at radius 2 is 2.00 bits per heavy atom. The van der Waals surface area contributed by atoms with Gasteiger partial charge >= 0.3 is 0 Å². The second-order valence-electron chi connectivity index (χ2n) is 7.57. The summed E-state index contributed by atoms with van der Waals surface area (Å²) in [6, 6.07) is 13.3. The third kappa shape index (κ3) is 5.64. The molecule has 10 heteroatoms. The molecule has 1 aliphatic rings. The zero-order valence-corrected chi connectivity index (χ0v) is 18.8. The monoisotopic (exact) mass is 456 g/mol. The molecule has 1 saturated heterocycles. The predicted molar refractivity (Wildman–Crippen MR) is 124 cm³/mol. The lowest BCUT2D eigenvalue weighted by Crippen LogP contribution is -2.36. The molecule has 1 aliphatic heterocycles. The average molecular weight is 457 g/mol. The van der Waals surface area contributed by atoms with E-state index < -0.39 is 16.1 Å². The van der Waals surface area contributed by atoms with E-state index in [0.717, 1.165) is 5.69 Å². The molecule has 32 heavy (non-hydrogen) atoms. The van der Waals surface area contributed by atoms with Gasteiger partial charge < -0.3 is 10.1 Å². The maximum atomic E-state index is 13.0. The van der Waals surface area contributed by atoms with Crippen LogP contribution < -0.4 is 10.1 Å². The fourth-order valence-corrected chi connectivity index (χ4v) is 4.30. The van der Waals surface area contributed by atoms with Crippen molar-refractivity contribution in [3.05, 3.63) is 58.6 Å². The van der Waals surface area contributed by atoms with Gasteiger partial charge in [-0.05, 0) is 24.1 Å². The SMILES string of the molecule is COc1cc([N+](=O)[O-])ccc1NC(=O)CC1SC(=Nc2ccccc2)N(CC(C)C)C1=O. The number of carbonyl (C=O) groups excluding carboxylic acids is 2. The molecule has 9 nitrogen and oxygen atoms in total. The average Bonchev–Trinajstić information content (AvgIpc) is 3.02. The number of nitrogens with one attached hydrogen (secondary N) is 1. The Labute approximate surface area is 190 Å². The van der Waals surface area contributed by atoms with Crippen molar-refractivity contribution in [1.29, 1.82) is 0 Å². The van der Waals surface area contributed by atoms with Gasteiger partial charge in [0.1, 0.15) is 11.0 Å². The van der Waals surface area contributed by atoms with Gasteiger partial charge in [0.05, 0.1) is 29.5 Å². The van der Waals surface area contributed by atoms with Crippen molar-refractivity contribution in [1.82, 2.24) is 4.90 Å². The summed E-state index contributed by atoms with van der Waals surface area (Å²) in [4.78, 5) is 42.3. The summed E-state index contributed by atoms with van der Waals surface area (Å²) >= 11 is 1.26. The zero-order chi connectivity index (χ0) is 23.3. The van der Waals surface area contributed by atoms with Crippen molar-refractivity contribution >= 4 is 45.8 Å². The maximum Gasteiger partial charge on any atom is 0.273 e. The Balaban J connectivity index is 1.75. The lowest BCUT2D eigenvalue weighted by molar-refractivity contribution is -0.384. The van der Waals surface area contributed by atoms with E-state index in [2.05, 4.69) is 10.3 Å². The smallest absolute Gasteiger partial charge is 0.273 e. The molecule has 1 fully saturated rings. The van der Waals surface area contributed by atoms with Gasteiger partial charge in [0.15, 0.2) is 5.17 Å². The number of nitro benzene ring substituents is 1. The number of carbonyl (C=O) groups is 2. The molecular formula is C22H24N4O5S. The first kappa shape index (κ1) is 23.3. The minimum absolute atomic E-state index is 0.0634. The number of ether oxygens (including phenoxy) is 1. The summed E-state index contributed by atoms with van der Waals surface area (Å²) < 4.78 is 5.15.